The van der Waals surface area contributed by atoms with Gasteiger partial charge in [-0.2, -0.15) is 4.98 Å². The van der Waals surface area contributed by atoms with Crippen molar-refractivity contribution >= 4 is 5.97 Å². The summed E-state index contributed by atoms with van der Waals surface area (Å²) >= 11 is 0. The smallest absolute Gasteiger partial charge is 0.341 e. The minimum Gasteiger partial charge on any atom is -0.462 e. The van der Waals surface area contributed by atoms with E-state index in [0.29, 0.717) is 23.9 Å². The predicted octanol–water partition coefficient (Wildman–Crippen LogP) is 1.61. The average Bonchev–Trinajstić information content (AvgIpc) is 2.39. The summed E-state index contributed by atoms with van der Waals surface area (Å²) in [6.45, 7) is 3.84. The van der Waals surface area contributed by atoms with E-state index in [1.807, 2.05) is 0 Å². The van der Waals surface area contributed by atoms with Crippen LogP contribution in [0.3, 0.4) is 0 Å². The first-order valence-electron chi connectivity index (χ1n) is 7.03. The number of rotatable bonds is 4. The lowest BCUT2D eigenvalue weighted by Crippen LogP contribution is -2.34. The van der Waals surface area contributed by atoms with Crippen LogP contribution in [0, 0.1) is 6.92 Å². The largest absolute Gasteiger partial charge is 0.462 e. The van der Waals surface area contributed by atoms with Gasteiger partial charge in [-0.25, -0.2) is 9.78 Å². The van der Waals surface area contributed by atoms with Gasteiger partial charge in [0.2, 0.25) is 0 Å². The van der Waals surface area contributed by atoms with Gasteiger partial charge in [-0.05, 0) is 39.5 Å². The molecule has 110 valence electrons. The Hall–Kier alpha value is -1.69. The molecule has 0 saturated heterocycles. The summed E-state index contributed by atoms with van der Waals surface area (Å²) in [6, 6.07) is 0.489. The molecule has 0 aromatic carbocycles. The fourth-order valence-corrected chi connectivity index (χ4v) is 2.35. The van der Waals surface area contributed by atoms with E-state index in [-0.39, 0.29) is 12.1 Å². The lowest BCUT2D eigenvalue weighted by Gasteiger charge is -2.26. The Bertz CT molecular complexity index is 479. The van der Waals surface area contributed by atoms with Gasteiger partial charge in [-0.1, -0.05) is 0 Å². The number of hydrogen-bond donors (Lipinski definition) is 1. The molecule has 2 atom stereocenters. The van der Waals surface area contributed by atoms with E-state index in [2.05, 4.69) is 9.97 Å². The molecular formula is C14H21N3O3. The molecule has 0 aliphatic heterocycles. The Morgan fingerprint density at radius 1 is 1.50 bits per heavy atom. The van der Waals surface area contributed by atoms with Crippen LogP contribution < -0.4 is 10.5 Å². The van der Waals surface area contributed by atoms with E-state index in [1.54, 1.807) is 13.8 Å². The van der Waals surface area contributed by atoms with Crippen LogP contribution in [-0.4, -0.2) is 34.7 Å². The molecule has 20 heavy (non-hydrogen) atoms. The van der Waals surface area contributed by atoms with Gasteiger partial charge in [0, 0.05) is 12.2 Å². The zero-order valence-corrected chi connectivity index (χ0v) is 12.0. The molecule has 0 amide bonds. The second kappa shape index (κ2) is 6.65. The van der Waals surface area contributed by atoms with E-state index < -0.39 is 5.97 Å². The first kappa shape index (κ1) is 14.7. The molecule has 2 rings (SSSR count). The third-order valence-electron chi connectivity index (χ3n) is 3.39. The molecule has 2 N–H and O–H groups in total. The zero-order chi connectivity index (χ0) is 14.5. The van der Waals surface area contributed by atoms with Crippen molar-refractivity contribution in [2.24, 2.45) is 5.73 Å². The third-order valence-corrected chi connectivity index (χ3v) is 3.39. The summed E-state index contributed by atoms with van der Waals surface area (Å²) in [7, 11) is 0. The van der Waals surface area contributed by atoms with Crippen LogP contribution in [0.5, 0.6) is 6.01 Å². The number of esters is 1. The van der Waals surface area contributed by atoms with Crippen LogP contribution in [0.4, 0.5) is 0 Å². The van der Waals surface area contributed by atoms with Crippen molar-refractivity contribution in [1.82, 2.24) is 9.97 Å². The molecule has 1 fully saturated rings. The van der Waals surface area contributed by atoms with Gasteiger partial charge in [0.1, 0.15) is 6.10 Å². The van der Waals surface area contributed by atoms with Crippen molar-refractivity contribution in [3.8, 4) is 6.01 Å². The maximum atomic E-state index is 11.7. The highest BCUT2D eigenvalue weighted by molar-refractivity contribution is 5.90. The van der Waals surface area contributed by atoms with Gasteiger partial charge in [0.25, 0.3) is 0 Å². The molecule has 0 radical (unpaired) electrons. The number of hydrogen-bond acceptors (Lipinski definition) is 6. The molecule has 2 unspecified atom stereocenters. The van der Waals surface area contributed by atoms with Crippen LogP contribution in [0.25, 0.3) is 0 Å². The monoisotopic (exact) mass is 279 g/mol. The molecule has 1 heterocycles. The Morgan fingerprint density at radius 3 is 2.95 bits per heavy atom. The normalized spacial score (nSPS) is 22.4. The number of ether oxygens (including phenoxy) is 2. The highest BCUT2D eigenvalue weighted by Gasteiger charge is 2.22. The summed E-state index contributed by atoms with van der Waals surface area (Å²) in [5.41, 5.74) is 6.86. The van der Waals surface area contributed by atoms with Crippen LogP contribution in [0.15, 0.2) is 6.20 Å². The number of nitrogens with zero attached hydrogens (tertiary/aromatic N) is 2. The highest BCUT2D eigenvalue weighted by atomic mass is 16.5. The minimum absolute atomic E-state index is 0.0617. The summed E-state index contributed by atoms with van der Waals surface area (Å²) < 4.78 is 10.7. The predicted molar refractivity (Wildman–Crippen MR) is 73.6 cm³/mol. The fourth-order valence-electron chi connectivity index (χ4n) is 2.35. The first-order chi connectivity index (χ1) is 9.60. The molecule has 0 spiro atoms. The number of carbonyl (C=O) groups is 1. The first-order valence-corrected chi connectivity index (χ1v) is 7.03. The molecule has 1 saturated carbocycles. The molecule has 1 aromatic heterocycles. The quantitative estimate of drug-likeness (QED) is 0.842. The molecule has 1 aliphatic carbocycles. The molecule has 6 nitrogen and oxygen atoms in total. The summed E-state index contributed by atoms with van der Waals surface area (Å²) in [6.07, 6.45) is 5.41. The molecule has 0 bridgehead atoms. The molecular weight excluding hydrogens is 258 g/mol. The highest BCUT2D eigenvalue weighted by Crippen LogP contribution is 2.21. The maximum absolute atomic E-state index is 11.7. The van der Waals surface area contributed by atoms with Crippen molar-refractivity contribution in [3.05, 3.63) is 17.5 Å². The third kappa shape index (κ3) is 3.66. The van der Waals surface area contributed by atoms with Gasteiger partial charge in [-0.15, -0.1) is 0 Å². The van der Waals surface area contributed by atoms with Gasteiger partial charge >= 0.3 is 12.0 Å². The van der Waals surface area contributed by atoms with Crippen LogP contribution >= 0.6 is 0 Å². The summed E-state index contributed by atoms with van der Waals surface area (Å²) in [4.78, 5) is 20.0. The van der Waals surface area contributed by atoms with Crippen molar-refractivity contribution < 1.29 is 14.3 Å². The fraction of sp³-hybridized carbons (Fsp3) is 0.643. The lowest BCUT2D eigenvalue weighted by molar-refractivity contribution is 0.0524. The molecule has 1 aromatic rings. The van der Waals surface area contributed by atoms with Gasteiger partial charge < -0.3 is 15.2 Å². The van der Waals surface area contributed by atoms with Crippen molar-refractivity contribution in [3.63, 3.8) is 0 Å². The SMILES string of the molecule is CCOC(=O)c1cnc(OC2CCCC(N)C2)nc1C. The number of carbonyl (C=O) groups excluding carboxylic acids is 1. The standard InChI is InChI=1S/C14H21N3O3/c1-3-19-13(18)12-8-16-14(17-9(12)2)20-11-6-4-5-10(15)7-11/h8,10-11H,3-7,15H2,1-2H3. The molecule has 6 heteroatoms. The lowest BCUT2D eigenvalue weighted by atomic mass is 9.94. The molecule has 1 aliphatic rings. The van der Waals surface area contributed by atoms with Gasteiger partial charge in [-0.3, -0.25) is 0 Å². The minimum atomic E-state index is -0.406. The van der Waals surface area contributed by atoms with E-state index in [9.17, 15) is 4.79 Å². The summed E-state index contributed by atoms with van der Waals surface area (Å²) in [5.74, 6) is -0.406. The Balaban J connectivity index is 2.03. The topological polar surface area (TPSA) is 87.3 Å². The zero-order valence-electron chi connectivity index (χ0n) is 12.0. The average molecular weight is 279 g/mol. The van der Waals surface area contributed by atoms with Gasteiger partial charge in [0.15, 0.2) is 0 Å². The second-order valence-corrected chi connectivity index (χ2v) is 5.04. The van der Waals surface area contributed by atoms with Crippen molar-refractivity contribution in [2.75, 3.05) is 6.61 Å². The van der Waals surface area contributed by atoms with Crippen LogP contribution in [0.1, 0.15) is 48.7 Å². The van der Waals surface area contributed by atoms with E-state index in [0.717, 1.165) is 25.7 Å². The van der Waals surface area contributed by atoms with E-state index >= 15 is 0 Å². The summed E-state index contributed by atoms with van der Waals surface area (Å²) in [5, 5.41) is 0. The van der Waals surface area contributed by atoms with Crippen LogP contribution in [0.2, 0.25) is 0 Å². The van der Waals surface area contributed by atoms with Gasteiger partial charge in [0.05, 0.1) is 17.9 Å². The second-order valence-electron chi connectivity index (χ2n) is 5.04. The number of nitrogens with two attached hydrogens (primary N) is 1. The Labute approximate surface area is 118 Å². The van der Waals surface area contributed by atoms with Crippen molar-refractivity contribution in [2.45, 2.75) is 51.7 Å². The van der Waals surface area contributed by atoms with E-state index in [1.165, 1.54) is 6.20 Å². The van der Waals surface area contributed by atoms with Crippen molar-refractivity contribution in [1.29, 1.82) is 0 Å². The Kier molecular flexibility index (Phi) is 4.89. The number of aromatic nitrogens is 2. The number of aryl methyl sites for hydroxylation is 1. The van der Waals surface area contributed by atoms with E-state index in [4.69, 9.17) is 15.2 Å². The maximum Gasteiger partial charge on any atom is 0.341 e. The van der Waals surface area contributed by atoms with Crippen LogP contribution in [-0.2, 0) is 4.74 Å². The Morgan fingerprint density at radius 2 is 2.30 bits per heavy atom.